The lowest BCUT2D eigenvalue weighted by Crippen LogP contribution is -2.43. The molecule has 24 heavy (non-hydrogen) atoms. The number of carbonyl (C=O) groups is 2. The Morgan fingerprint density at radius 2 is 2.00 bits per heavy atom. The molecule has 1 aromatic heterocycles. The van der Waals surface area contributed by atoms with Crippen molar-refractivity contribution in [2.24, 2.45) is 5.92 Å². The van der Waals surface area contributed by atoms with Gasteiger partial charge in [0.05, 0.1) is 17.7 Å². The Balaban J connectivity index is 1.64. The molecule has 3 rings (SSSR count). The first-order valence-corrected chi connectivity index (χ1v) is 7.94. The Kier molecular flexibility index (Phi) is 4.64. The molecule has 0 radical (unpaired) electrons. The third-order valence-electron chi connectivity index (χ3n) is 4.28. The number of anilines is 1. The minimum absolute atomic E-state index is 0.111. The molecule has 1 saturated heterocycles. The van der Waals surface area contributed by atoms with Crippen LogP contribution >= 0.6 is 0 Å². The summed E-state index contributed by atoms with van der Waals surface area (Å²) in [5.74, 6) is -0.306. The third-order valence-corrected chi connectivity index (χ3v) is 4.28. The van der Waals surface area contributed by atoms with Crippen molar-refractivity contribution in [3.05, 3.63) is 53.7 Å². The Morgan fingerprint density at radius 3 is 2.67 bits per heavy atom. The van der Waals surface area contributed by atoms with Gasteiger partial charge >= 0.3 is 0 Å². The number of aryl methyl sites for hydroxylation is 1. The van der Waals surface area contributed by atoms with Crippen molar-refractivity contribution >= 4 is 17.5 Å². The van der Waals surface area contributed by atoms with Crippen LogP contribution in [0.15, 0.2) is 41.0 Å². The highest BCUT2D eigenvalue weighted by atomic mass is 19.1. The Labute approximate surface area is 139 Å². The maximum atomic E-state index is 12.9. The number of amides is 2. The highest BCUT2D eigenvalue weighted by Crippen LogP contribution is 2.22. The van der Waals surface area contributed by atoms with Crippen molar-refractivity contribution in [3.8, 4) is 0 Å². The van der Waals surface area contributed by atoms with Crippen LogP contribution in [-0.4, -0.2) is 29.8 Å². The van der Waals surface area contributed by atoms with Crippen molar-refractivity contribution in [2.75, 3.05) is 18.4 Å². The van der Waals surface area contributed by atoms with E-state index in [-0.39, 0.29) is 23.5 Å². The predicted molar refractivity (Wildman–Crippen MR) is 87.1 cm³/mol. The molecule has 2 amide bonds. The lowest BCUT2D eigenvalue weighted by Gasteiger charge is -2.32. The fraction of sp³-hybridized carbons (Fsp3) is 0.333. The van der Waals surface area contributed by atoms with Gasteiger partial charge in [-0.25, -0.2) is 4.39 Å². The van der Waals surface area contributed by atoms with E-state index in [4.69, 9.17) is 4.42 Å². The van der Waals surface area contributed by atoms with E-state index in [1.54, 1.807) is 17.9 Å². The molecule has 2 aromatic rings. The predicted octanol–water partition coefficient (Wildman–Crippen LogP) is 3.22. The zero-order valence-electron chi connectivity index (χ0n) is 13.4. The number of piperidine rings is 1. The van der Waals surface area contributed by atoms with Crippen LogP contribution in [-0.2, 0) is 4.79 Å². The summed E-state index contributed by atoms with van der Waals surface area (Å²) < 4.78 is 18.1. The van der Waals surface area contributed by atoms with E-state index in [1.165, 1.54) is 30.5 Å². The van der Waals surface area contributed by atoms with Crippen LogP contribution in [0.2, 0.25) is 0 Å². The smallest absolute Gasteiger partial charge is 0.257 e. The van der Waals surface area contributed by atoms with Crippen LogP contribution in [0.5, 0.6) is 0 Å². The maximum Gasteiger partial charge on any atom is 0.257 e. The number of hydrogen-bond acceptors (Lipinski definition) is 3. The van der Waals surface area contributed by atoms with E-state index < -0.39 is 0 Å². The maximum absolute atomic E-state index is 12.9. The molecule has 1 atom stereocenters. The number of rotatable bonds is 3. The average Bonchev–Trinajstić information content (AvgIpc) is 3.02. The van der Waals surface area contributed by atoms with Gasteiger partial charge in [0, 0.05) is 18.8 Å². The molecule has 1 aromatic carbocycles. The largest absolute Gasteiger partial charge is 0.469 e. The van der Waals surface area contributed by atoms with Crippen molar-refractivity contribution in [1.82, 2.24) is 4.90 Å². The van der Waals surface area contributed by atoms with E-state index >= 15 is 0 Å². The minimum Gasteiger partial charge on any atom is -0.469 e. The summed E-state index contributed by atoms with van der Waals surface area (Å²) in [5.41, 5.74) is 1.09. The van der Waals surface area contributed by atoms with E-state index in [0.717, 1.165) is 12.8 Å². The van der Waals surface area contributed by atoms with Crippen molar-refractivity contribution in [2.45, 2.75) is 19.8 Å². The molecular formula is C18H19FN2O3. The molecule has 0 spiro atoms. The standard InChI is InChI=1S/C18H19FN2O3/c1-12-16(8-10-24-12)18(23)21-9-2-3-13(11-21)17(22)20-15-6-4-14(19)5-7-15/h4-8,10,13H,2-3,9,11H2,1H3,(H,20,22)/t13-/m0/s1. The molecule has 1 N–H and O–H groups in total. The molecule has 1 aliphatic rings. The van der Waals surface area contributed by atoms with Crippen LogP contribution in [0.1, 0.15) is 29.0 Å². The molecule has 0 bridgehead atoms. The first-order valence-electron chi connectivity index (χ1n) is 7.94. The van der Waals surface area contributed by atoms with Gasteiger partial charge in [-0.05, 0) is 50.1 Å². The van der Waals surface area contributed by atoms with Crippen LogP contribution in [0.3, 0.4) is 0 Å². The van der Waals surface area contributed by atoms with Gasteiger partial charge in [-0.2, -0.15) is 0 Å². The average molecular weight is 330 g/mol. The van der Waals surface area contributed by atoms with Crippen LogP contribution in [0.25, 0.3) is 0 Å². The SMILES string of the molecule is Cc1occc1C(=O)N1CCC[C@H](C(=O)Nc2ccc(F)cc2)C1. The van der Waals surface area contributed by atoms with E-state index in [2.05, 4.69) is 5.32 Å². The molecule has 126 valence electrons. The molecule has 1 aliphatic heterocycles. The van der Waals surface area contributed by atoms with E-state index in [0.29, 0.717) is 30.1 Å². The van der Waals surface area contributed by atoms with Crippen molar-refractivity contribution in [1.29, 1.82) is 0 Å². The molecule has 2 heterocycles. The van der Waals surface area contributed by atoms with E-state index in [9.17, 15) is 14.0 Å². The molecule has 0 aliphatic carbocycles. The lowest BCUT2D eigenvalue weighted by molar-refractivity contribution is -0.121. The number of likely N-dealkylation sites (tertiary alicyclic amines) is 1. The fourth-order valence-corrected chi connectivity index (χ4v) is 2.93. The van der Waals surface area contributed by atoms with Crippen LogP contribution < -0.4 is 5.32 Å². The number of benzene rings is 1. The van der Waals surface area contributed by atoms with Gasteiger partial charge < -0.3 is 14.6 Å². The summed E-state index contributed by atoms with van der Waals surface area (Å²) >= 11 is 0. The van der Waals surface area contributed by atoms with Crippen molar-refractivity contribution < 1.29 is 18.4 Å². The first-order chi connectivity index (χ1) is 11.5. The minimum atomic E-state index is -0.349. The normalized spacial score (nSPS) is 17.6. The summed E-state index contributed by atoms with van der Waals surface area (Å²) in [6.07, 6.45) is 2.98. The molecule has 0 unspecified atom stereocenters. The summed E-state index contributed by atoms with van der Waals surface area (Å²) in [6.45, 7) is 2.75. The number of nitrogens with one attached hydrogen (secondary N) is 1. The third kappa shape index (κ3) is 3.48. The second-order valence-corrected chi connectivity index (χ2v) is 5.98. The molecule has 0 saturated carbocycles. The first kappa shape index (κ1) is 16.2. The molecule has 6 heteroatoms. The number of furan rings is 1. The fourth-order valence-electron chi connectivity index (χ4n) is 2.93. The lowest BCUT2D eigenvalue weighted by atomic mass is 9.96. The monoisotopic (exact) mass is 330 g/mol. The van der Waals surface area contributed by atoms with E-state index in [1.807, 2.05) is 0 Å². The summed E-state index contributed by atoms with van der Waals surface area (Å²) in [7, 11) is 0. The van der Waals surface area contributed by atoms with Crippen molar-refractivity contribution in [3.63, 3.8) is 0 Å². The number of carbonyl (C=O) groups excluding carboxylic acids is 2. The molecule has 5 nitrogen and oxygen atoms in total. The van der Waals surface area contributed by atoms with Gasteiger partial charge in [0.2, 0.25) is 5.91 Å². The quantitative estimate of drug-likeness (QED) is 0.940. The number of hydrogen-bond donors (Lipinski definition) is 1. The highest BCUT2D eigenvalue weighted by molar-refractivity contribution is 5.96. The van der Waals surface area contributed by atoms with Crippen LogP contribution in [0, 0.1) is 18.7 Å². The highest BCUT2D eigenvalue weighted by Gasteiger charge is 2.30. The van der Waals surface area contributed by atoms with Gasteiger partial charge in [0.1, 0.15) is 11.6 Å². The van der Waals surface area contributed by atoms with Gasteiger partial charge in [0.15, 0.2) is 0 Å². The summed E-state index contributed by atoms with van der Waals surface area (Å²) in [4.78, 5) is 26.6. The molecule has 1 fully saturated rings. The summed E-state index contributed by atoms with van der Waals surface area (Å²) in [6, 6.07) is 7.30. The second-order valence-electron chi connectivity index (χ2n) is 5.98. The zero-order chi connectivity index (χ0) is 17.1. The second kappa shape index (κ2) is 6.86. The number of nitrogens with zero attached hydrogens (tertiary/aromatic N) is 1. The van der Waals surface area contributed by atoms with Gasteiger partial charge in [0.25, 0.3) is 5.91 Å². The van der Waals surface area contributed by atoms with Gasteiger partial charge in [-0.1, -0.05) is 0 Å². The zero-order valence-corrected chi connectivity index (χ0v) is 13.4. The Bertz CT molecular complexity index is 739. The summed E-state index contributed by atoms with van der Waals surface area (Å²) in [5, 5.41) is 2.78. The number of halogens is 1. The topological polar surface area (TPSA) is 62.6 Å². The van der Waals surface area contributed by atoms with Gasteiger partial charge in [-0.15, -0.1) is 0 Å². The molecular weight excluding hydrogens is 311 g/mol. The Hall–Kier alpha value is -2.63. The Morgan fingerprint density at radius 1 is 1.25 bits per heavy atom. The van der Waals surface area contributed by atoms with Crippen LogP contribution in [0.4, 0.5) is 10.1 Å². The van der Waals surface area contributed by atoms with Gasteiger partial charge in [-0.3, -0.25) is 9.59 Å².